The summed E-state index contributed by atoms with van der Waals surface area (Å²) >= 11 is 0. The van der Waals surface area contributed by atoms with Gasteiger partial charge in [0.25, 0.3) is 0 Å². The van der Waals surface area contributed by atoms with E-state index in [-0.39, 0.29) is 5.88 Å². The molecule has 0 saturated carbocycles. The lowest BCUT2D eigenvalue weighted by atomic mass is 10.1. The lowest BCUT2D eigenvalue weighted by Crippen LogP contribution is -2.09. The number of rotatable bonds is 2. The zero-order valence-electron chi connectivity index (χ0n) is 9.56. The van der Waals surface area contributed by atoms with E-state index in [1.54, 1.807) is 6.07 Å². The minimum Gasteiger partial charge on any atom is -0.453 e. The number of hydrogen-bond acceptors (Lipinski definition) is 4. The molecule has 1 aromatic carbocycles. The highest BCUT2D eigenvalue weighted by molar-refractivity contribution is 5.83. The van der Waals surface area contributed by atoms with Gasteiger partial charge in [-0.2, -0.15) is 0 Å². The fourth-order valence-corrected chi connectivity index (χ4v) is 1.35. The number of aryl methyl sites for hydroxylation is 1. The SMILES string of the molecule is COC(=O)Nc1cc(-c2ccc(C)cc2)no1. The second-order valence-corrected chi connectivity index (χ2v) is 3.56. The Kier molecular flexibility index (Phi) is 3.09. The van der Waals surface area contributed by atoms with Crippen molar-refractivity contribution in [3.63, 3.8) is 0 Å². The average molecular weight is 232 g/mol. The van der Waals surface area contributed by atoms with Crippen molar-refractivity contribution in [1.29, 1.82) is 0 Å². The highest BCUT2D eigenvalue weighted by Gasteiger charge is 2.08. The number of methoxy groups -OCH3 is 1. The predicted octanol–water partition coefficient (Wildman–Crippen LogP) is 2.83. The van der Waals surface area contributed by atoms with Crippen LogP contribution in [0.3, 0.4) is 0 Å². The normalized spacial score (nSPS) is 10.0. The van der Waals surface area contributed by atoms with Crippen molar-refractivity contribution in [1.82, 2.24) is 5.16 Å². The van der Waals surface area contributed by atoms with E-state index in [1.165, 1.54) is 12.7 Å². The van der Waals surface area contributed by atoms with Crippen LogP contribution in [0.4, 0.5) is 10.7 Å². The van der Waals surface area contributed by atoms with E-state index in [9.17, 15) is 4.79 Å². The van der Waals surface area contributed by atoms with E-state index in [0.29, 0.717) is 5.69 Å². The van der Waals surface area contributed by atoms with Crippen molar-refractivity contribution in [3.8, 4) is 11.3 Å². The van der Waals surface area contributed by atoms with Gasteiger partial charge in [0.2, 0.25) is 5.88 Å². The number of aromatic nitrogens is 1. The maximum atomic E-state index is 11.0. The third-order valence-corrected chi connectivity index (χ3v) is 2.27. The Hall–Kier alpha value is -2.30. The molecule has 0 aliphatic heterocycles. The lowest BCUT2D eigenvalue weighted by molar-refractivity contribution is 0.186. The third-order valence-electron chi connectivity index (χ3n) is 2.27. The van der Waals surface area contributed by atoms with Crippen LogP contribution in [0.5, 0.6) is 0 Å². The van der Waals surface area contributed by atoms with Gasteiger partial charge < -0.3 is 9.26 Å². The first-order valence-electron chi connectivity index (χ1n) is 5.08. The largest absolute Gasteiger partial charge is 0.453 e. The summed E-state index contributed by atoms with van der Waals surface area (Å²) in [4.78, 5) is 11.0. The van der Waals surface area contributed by atoms with Gasteiger partial charge in [0.1, 0.15) is 5.69 Å². The first-order valence-corrected chi connectivity index (χ1v) is 5.08. The molecule has 2 rings (SSSR count). The minimum absolute atomic E-state index is 0.257. The summed E-state index contributed by atoms with van der Waals surface area (Å²) in [5.41, 5.74) is 2.76. The second kappa shape index (κ2) is 4.69. The molecule has 17 heavy (non-hydrogen) atoms. The maximum Gasteiger partial charge on any atom is 0.413 e. The standard InChI is InChI=1S/C12H12N2O3/c1-8-3-5-9(6-4-8)10-7-11(17-14-10)13-12(15)16-2/h3-7H,1-2H3,(H,13,15). The smallest absolute Gasteiger partial charge is 0.413 e. The number of carbonyl (C=O) groups excluding carboxylic acids is 1. The summed E-state index contributed by atoms with van der Waals surface area (Å²) in [7, 11) is 1.28. The molecule has 0 aliphatic carbocycles. The molecule has 2 aromatic rings. The zero-order chi connectivity index (χ0) is 12.3. The molecular weight excluding hydrogens is 220 g/mol. The Morgan fingerprint density at radius 3 is 2.71 bits per heavy atom. The summed E-state index contributed by atoms with van der Waals surface area (Å²) in [5, 5.41) is 6.26. The third kappa shape index (κ3) is 2.63. The molecule has 0 aliphatic rings. The van der Waals surface area contributed by atoms with E-state index in [1.807, 2.05) is 31.2 Å². The Morgan fingerprint density at radius 1 is 1.35 bits per heavy atom. The molecule has 0 bridgehead atoms. The van der Waals surface area contributed by atoms with E-state index in [0.717, 1.165) is 5.56 Å². The van der Waals surface area contributed by atoms with Gasteiger partial charge >= 0.3 is 6.09 Å². The van der Waals surface area contributed by atoms with Crippen molar-refractivity contribution < 1.29 is 14.1 Å². The molecule has 0 saturated heterocycles. The summed E-state index contributed by atoms with van der Waals surface area (Å²) in [5.74, 6) is 0.257. The number of nitrogens with one attached hydrogen (secondary N) is 1. The zero-order valence-corrected chi connectivity index (χ0v) is 9.56. The van der Waals surface area contributed by atoms with Gasteiger partial charge in [0, 0.05) is 11.6 Å². The van der Waals surface area contributed by atoms with Crippen LogP contribution in [0.2, 0.25) is 0 Å². The molecule has 88 valence electrons. The van der Waals surface area contributed by atoms with Gasteiger partial charge in [-0.25, -0.2) is 4.79 Å². The molecule has 1 aromatic heterocycles. The van der Waals surface area contributed by atoms with Crippen molar-refractivity contribution in [2.45, 2.75) is 6.92 Å². The number of ether oxygens (including phenoxy) is 1. The Morgan fingerprint density at radius 2 is 2.06 bits per heavy atom. The predicted molar refractivity (Wildman–Crippen MR) is 62.7 cm³/mol. The molecule has 0 fully saturated rings. The number of hydrogen-bond donors (Lipinski definition) is 1. The number of benzene rings is 1. The van der Waals surface area contributed by atoms with Crippen LogP contribution in [0.1, 0.15) is 5.56 Å². The Bertz CT molecular complexity index is 517. The summed E-state index contributed by atoms with van der Waals surface area (Å²) in [6.07, 6.45) is -0.586. The molecule has 0 spiro atoms. The fourth-order valence-electron chi connectivity index (χ4n) is 1.35. The highest BCUT2D eigenvalue weighted by Crippen LogP contribution is 2.21. The molecule has 5 heteroatoms. The number of carbonyl (C=O) groups is 1. The summed E-state index contributed by atoms with van der Waals surface area (Å²) in [6.45, 7) is 2.01. The minimum atomic E-state index is -0.586. The number of nitrogens with zero attached hydrogens (tertiary/aromatic N) is 1. The molecule has 1 N–H and O–H groups in total. The van der Waals surface area contributed by atoms with Gasteiger partial charge in [-0.05, 0) is 6.92 Å². The van der Waals surface area contributed by atoms with Crippen LogP contribution in [0, 0.1) is 6.92 Å². The van der Waals surface area contributed by atoms with Crippen molar-refractivity contribution in [2.75, 3.05) is 12.4 Å². The molecular formula is C12H12N2O3. The molecule has 0 atom stereocenters. The molecule has 1 amide bonds. The summed E-state index contributed by atoms with van der Waals surface area (Å²) < 4.78 is 9.41. The van der Waals surface area contributed by atoms with Crippen molar-refractivity contribution in [2.24, 2.45) is 0 Å². The quantitative estimate of drug-likeness (QED) is 0.864. The monoisotopic (exact) mass is 232 g/mol. The van der Waals surface area contributed by atoms with E-state index < -0.39 is 6.09 Å². The number of amides is 1. The highest BCUT2D eigenvalue weighted by atomic mass is 16.5. The van der Waals surface area contributed by atoms with E-state index in [4.69, 9.17) is 4.52 Å². The van der Waals surface area contributed by atoms with Gasteiger partial charge in [-0.1, -0.05) is 35.0 Å². The van der Waals surface area contributed by atoms with Gasteiger partial charge in [-0.15, -0.1) is 0 Å². The number of anilines is 1. The van der Waals surface area contributed by atoms with Crippen LogP contribution in [0.25, 0.3) is 11.3 Å². The van der Waals surface area contributed by atoms with Crippen LogP contribution < -0.4 is 5.32 Å². The lowest BCUT2D eigenvalue weighted by Gasteiger charge is -1.96. The molecule has 0 unspecified atom stereocenters. The Labute approximate surface area is 98.4 Å². The van der Waals surface area contributed by atoms with Crippen molar-refractivity contribution >= 4 is 12.0 Å². The average Bonchev–Trinajstić information content (AvgIpc) is 2.78. The Balaban J connectivity index is 2.18. The van der Waals surface area contributed by atoms with Crippen LogP contribution in [0.15, 0.2) is 34.9 Å². The van der Waals surface area contributed by atoms with Gasteiger partial charge in [-0.3, -0.25) is 5.32 Å². The van der Waals surface area contributed by atoms with Crippen molar-refractivity contribution in [3.05, 3.63) is 35.9 Å². The molecule has 0 radical (unpaired) electrons. The van der Waals surface area contributed by atoms with Gasteiger partial charge in [0.15, 0.2) is 0 Å². The maximum absolute atomic E-state index is 11.0. The van der Waals surface area contributed by atoms with Crippen LogP contribution >= 0.6 is 0 Å². The summed E-state index contributed by atoms with van der Waals surface area (Å²) in [6, 6.07) is 9.49. The van der Waals surface area contributed by atoms with Crippen LogP contribution in [-0.4, -0.2) is 18.4 Å². The van der Waals surface area contributed by atoms with E-state index in [2.05, 4.69) is 15.2 Å². The first-order chi connectivity index (χ1) is 8.19. The van der Waals surface area contributed by atoms with E-state index >= 15 is 0 Å². The first kappa shape index (κ1) is 11.2. The van der Waals surface area contributed by atoms with Crippen LogP contribution in [-0.2, 0) is 4.74 Å². The molecule has 1 heterocycles. The molecule has 5 nitrogen and oxygen atoms in total. The second-order valence-electron chi connectivity index (χ2n) is 3.56. The topological polar surface area (TPSA) is 64.4 Å². The van der Waals surface area contributed by atoms with Gasteiger partial charge in [0.05, 0.1) is 7.11 Å². The fraction of sp³-hybridized carbons (Fsp3) is 0.167.